The van der Waals surface area contributed by atoms with Gasteiger partial charge >= 0.3 is 0 Å². The van der Waals surface area contributed by atoms with E-state index in [9.17, 15) is 4.79 Å². The van der Waals surface area contributed by atoms with E-state index >= 15 is 0 Å². The number of anilines is 2. The zero-order valence-electron chi connectivity index (χ0n) is 12.2. The monoisotopic (exact) mass is 277 g/mol. The van der Waals surface area contributed by atoms with E-state index in [1.54, 1.807) is 0 Å². The van der Waals surface area contributed by atoms with Crippen LogP contribution in [0.5, 0.6) is 0 Å². The Hall–Kier alpha value is -1.59. The van der Waals surface area contributed by atoms with E-state index in [1.807, 2.05) is 13.0 Å². The number of carbonyl (C=O) groups excluding carboxylic acids is 1. The Labute approximate surface area is 120 Å². The van der Waals surface area contributed by atoms with Crippen LogP contribution in [0.1, 0.15) is 18.4 Å². The van der Waals surface area contributed by atoms with Crippen LogP contribution < -0.4 is 16.0 Å². The first-order chi connectivity index (χ1) is 9.61. The van der Waals surface area contributed by atoms with Crippen LogP contribution >= 0.6 is 0 Å². The van der Waals surface area contributed by atoms with Crippen LogP contribution in [0, 0.1) is 6.92 Å². The first-order valence-electron chi connectivity index (χ1n) is 7.03. The molecule has 1 atom stereocenters. The lowest BCUT2D eigenvalue weighted by Crippen LogP contribution is -2.39. The fourth-order valence-corrected chi connectivity index (χ4v) is 2.44. The summed E-state index contributed by atoms with van der Waals surface area (Å²) in [5.74, 6) is -0.219. The largest absolute Gasteiger partial charge is 0.383 e. The van der Waals surface area contributed by atoms with Crippen molar-refractivity contribution in [1.29, 1.82) is 0 Å². The predicted octanol–water partition coefficient (Wildman–Crippen LogP) is 1.51. The average Bonchev–Trinajstić information content (AvgIpc) is 2.95. The van der Waals surface area contributed by atoms with Crippen LogP contribution in [0.2, 0.25) is 0 Å². The quantitative estimate of drug-likeness (QED) is 0.856. The van der Waals surface area contributed by atoms with Gasteiger partial charge in [-0.15, -0.1) is 0 Å². The lowest BCUT2D eigenvalue weighted by molar-refractivity contribution is -0.118. The number of carbonyl (C=O) groups is 1. The van der Waals surface area contributed by atoms with Crippen molar-refractivity contribution >= 4 is 17.3 Å². The third kappa shape index (κ3) is 3.49. The number of aryl methyl sites for hydroxylation is 1. The number of amides is 1. The molecule has 1 fully saturated rings. The minimum Gasteiger partial charge on any atom is -0.383 e. The second-order valence-corrected chi connectivity index (χ2v) is 5.24. The smallest absolute Gasteiger partial charge is 0.243 e. The fraction of sp³-hybridized carbons (Fsp3) is 0.533. The summed E-state index contributed by atoms with van der Waals surface area (Å²) in [6.45, 7) is 4.45. The van der Waals surface area contributed by atoms with Crippen molar-refractivity contribution in [3.8, 4) is 0 Å². The molecule has 110 valence electrons. The zero-order valence-corrected chi connectivity index (χ0v) is 12.2. The summed E-state index contributed by atoms with van der Waals surface area (Å²) < 4.78 is 4.89. The molecule has 1 aliphatic rings. The second-order valence-electron chi connectivity index (χ2n) is 5.24. The molecule has 0 spiro atoms. The van der Waals surface area contributed by atoms with Crippen LogP contribution in [0.4, 0.5) is 11.4 Å². The number of methoxy groups -OCH3 is 1. The van der Waals surface area contributed by atoms with E-state index in [4.69, 9.17) is 10.5 Å². The van der Waals surface area contributed by atoms with E-state index < -0.39 is 6.04 Å². The molecule has 0 saturated carbocycles. The standard InChI is InChI=1S/C15H23N3O2/c1-11-9-12(18-7-3-4-8-18)5-6-14(11)17-15(19)13(16)10-20-2/h5-6,9,13H,3-4,7-8,10,16H2,1-2H3,(H,17,19). The van der Waals surface area contributed by atoms with E-state index in [-0.39, 0.29) is 12.5 Å². The van der Waals surface area contributed by atoms with Crippen LogP contribution in [0.3, 0.4) is 0 Å². The minimum atomic E-state index is -0.641. The molecule has 1 heterocycles. The Balaban J connectivity index is 2.04. The summed E-state index contributed by atoms with van der Waals surface area (Å²) in [6.07, 6.45) is 2.51. The third-order valence-electron chi connectivity index (χ3n) is 3.62. The Bertz CT molecular complexity index is 470. The van der Waals surface area contributed by atoms with Crippen LogP contribution in [0.15, 0.2) is 18.2 Å². The number of nitrogens with one attached hydrogen (secondary N) is 1. The number of benzene rings is 1. The average molecular weight is 277 g/mol. The zero-order chi connectivity index (χ0) is 14.5. The van der Waals surface area contributed by atoms with E-state index in [0.29, 0.717) is 0 Å². The highest BCUT2D eigenvalue weighted by molar-refractivity contribution is 5.95. The molecule has 1 aromatic rings. The van der Waals surface area contributed by atoms with Crippen molar-refractivity contribution in [2.75, 3.05) is 37.0 Å². The molecule has 0 bridgehead atoms. The van der Waals surface area contributed by atoms with Gasteiger partial charge in [0.25, 0.3) is 0 Å². The molecule has 5 heteroatoms. The Morgan fingerprint density at radius 3 is 2.75 bits per heavy atom. The maximum absolute atomic E-state index is 11.9. The number of hydrogen-bond donors (Lipinski definition) is 2. The number of rotatable bonds is 5. The highest BCUT2D eigenvalue weighted by Gasteiger charge is 2.16. The predicted molar refractivity (Wildman–Crippen MR) is 81.1 cm³/mol. The molecule has 20 heavy (non-hydrogen) atoms. The minimum absolute atomic E-state index is 0.219. The molecule has 1 saturated heterocycles. The van der Waals surface area contributed by atoms with Gasteiger partial charge in [-0.3, -0.25) is 4.79 Å². The van der Waals surface area contributed by atoms with Crippen molar-refractivity contribution in [2.24, 2.45) is 5.73 Å². The third-order valence-corrected chi connectivity index (χ3v) is 3.62. The number of nitrogens with two attached hydrogens (primary N) is 1. The first-order valence-corrected chi connectivity index (χ1v) is 7.03. The number of nitrogens with zero attached hydrogens (tertiary/aromatic N) is 1. The summed E-state index contributed by atoms with van der Waals surface area (Å²) in [7, 11) is 1.53. The van der Waals surface area contributed by atoms with Gasteiger partial charge in [0.05, 0.1) is 6.61 Å². The number of hydrogen-bond acceptors (Lipinski definition) is 4. The molecule has 3 N–H and O–H groups in total. The highest BCUT2D eigenvalue weighted by atomic mass is 16.5. The van der Waals surface area contributed by atoms with Crippen LogP contribution in [-0.4, -0.2) is 38.8 Å². The lowest BCUT2D eigenvalue weighted by Gasteiger charge is -2.20. The maximum Gasteiger partial charge on any atom is 0.243 e. The molecular formula is C15H23N3O2. The molecule has 0 radical (unpaired) electrons. The van der Waals surface area contributed by atoms with Gasteiger partial charge in [0.15, 0.2) is 0 Å². The van der Waals surface area contributed by atoms with Gasteiger partial charge in [-0.1, -0.05) is 0 Å². The summed E-state index contributed by atoms with van der Waals surface area (Å²) >= 11 is 0. The molecule has 1 aliphatic heterocycles. The summed E-state index contributed by atoms with van der Waals surface area (Å²) in [4.78, 5) is 14.2. The Morgan fingerprint density at radius 2 is 2.15 bits per heavy atom. The van der Waals surface area contributed by atoms with Gasteiger partial charge in [-0.2, -0.15) is 0 Å². The molecule has 1 amide bonds. The molecular weight excluding hydrogens is 254 g/mol. The van der Waals surface area contributed by atoms with Gasteiger partial charge in [0, 0.05) is 31.6 Å². The van der Waals surface area contributed by atoms with Gasteiger partial charge in [-0.25, -0.2) is 0 Å². The Morgan fingerprint density at radius 1 is 1.45 bits per heavy atom. The molecule has 1 aromatic carbocycles. The first kappa shape index (κ1) is 14.8. The molecule has 5 nitrogen and oxygen atoms in total. The number of ether oxygens (including phenoxy) is 1. The van der Waals surface area contributed by atoms with E-state index in [2.05, 4.69) is 22.3 Å². The molecule has 1 unspecified atom stereocenters. The van der Waals surface area contributed by atoms with Crippen molar-refractivity contribution in [1.82, 2.24) is 0 Å². The molecule has 2 rings (SSSR count). The van der Waals surface area contributed by atoms with Gasteiger partial charge < -0.3 is 20.7 Å². The SMILES string of the molecule is COCC(N)C(=O)Nc1ccc(N2CCCC2)cc1C. The summed E-state index contributed by atoms with van der Waals surface area (Å²) in [6, 6.07) is 5.47. The van der Waals surface area contributed by atoms with Gasteiger partial charge in [-0.05, 0) is 43.5 Å². The van der Waals surface area contributed by atoms with E-state index in [0.717, 1.165) is 24.3 Å². The molecule has 0 aromatic heterocycles. The van der Waals surface area contributed by atoms with Crippen LogP contribution in [0.25, 0.3) is 0 Å². The normalized spacial score (nSPS) is 16.2. The van der Waals surface area contributed by atoms with Crippen LogP contribution in [-0.2, 0) is 9.53 Å². The van der Waals surface area contributed by atoms with E-state index in [1.165, 1.54) is 25.6 Å². The molecule has 0 aliphatic carbocycles. The summed E-state index contributed by atoms with van der Waals surface area (Å²) in [5, 5.41) is 2.85. The Kier molecular flexibility index (Phi) is 4.98. The maximum atomic E-state index is 11.9. The van der Waals surface area contributed by atoms with Crippen molar-refractivity contribution in [2.45, 2.75) is 25.8 Å². The van der Waals surface area contributed by atoms with Crippen molar-refractivity contribution < 1.29 is 9.53 Å². The van der Waals surface area contributed by atoms with Gasteiger partial charge in [0.1, 0.15) is 6.04 Å². The second kappa shape index (κ2) is 6.72. The van der Waals surface area contributed by atoms with Crippen molar-refractivity contribution in [3.05, 3.63) is 23.8 Å². The lowest BCUT2D eigenvalue weighted by atomic mass is 10.1. The highest BCUT2D eigenvalue weighted by Crippen LogP contribution is 2.25. The summed E-state index contributed by atoms with van der Waals surface area (Å²) in [5.41, 5.74) is 8.79. The fourth-order valence-electron chi connectivity index (χ4n) is 2.44. The topological polar surface area (TPSA) is 67.6 Å². The van der Waals surface area contributed by atoms with Crippen molar-refractivity contribution in [3.63, 3.8) is 0 Å². The van der Waals surface area contributed by atoms with Gasteiger partial charge in [0.2, 0.25) is 5.91 Å².